The molecule has 2 N–H and O–H groups in total. The molecule has 0 bridgehead atoms. The lowest BCUT2D eigenvalue weighted by atomic mass is 10.1. The Labute approximate surface area is 149 Å². The highest BCUT2D eigenvalue weighted by Crippen LogP contribution is 2.27. The van der Waals surface area contributed by atoms with Crippen molar-refractivity contribution in [1.29, 1.82) is 0 Å². The van der Waals surface area contributed by atoms with Gasteiger partial charge in [0.05, 0.1) is 17.7 Å². The van der Waals surface area contributed by atoms with Gasteiger partial charge in [0.2, 0.25) is 0 Å². The predicted molar refractivity (Wildman–Crippen MR) is 89.3 cm³/mol. The fraction of sp³-hybridized carbons (Fsp3) is 0.263. The summed E-state index contributed by atoms with van der Waals surface area (Å²) in [4.78, 5) is 24.5. The molecule has 2 aromatic carbocycles. The molecule has 0 amide bonds. The van der Waals surface area contributed by atoms with Gasteiger partial charge in [0.15, 0.2) is 18.5 Å². The van der Waals surface area contributed by atoms with Gasteiger partial charge in [-0.05, 0) is 24.3 Å². The molecule has 1 saturated heterocycles. The molecule has 0 radical (unpaired) electrons. The van der Waals surface area contributed by atoms with Gasteiger partial charge in [-0.2, -0.15) is 0 Å². The maximum absolute atomic E-state index is 12.3. The van der Waals surface area contributed by atoms with Gasteiger partial charge in [-0.1, -0.05) is 36.4 Å². The first-order chi connectivity index (χ1) is 12.6. The molecular weight excluding hydrogens is 340 g/mol. The molecule has 136 valence electrons. The Hall–Kier alpha value is -2.74. The largest absolute Gasteiger partial charge is 0.452 e. The topological polar surface area (TPSA) is 102 Å². The Bertz CT molecular complexity index is 747. The minimum absolute atomic E-state index is 0.278. The van der Waals surface area contributed by atoms with Crippen molar-refractivity contribution >= 4 is 11.9 Å². The first kappa shape index (κ1) is 18.1. The van der Waals surface area contributed by atoms with Crippen LogP contribution in [0.2, 0.25) is 0 Å². The van der Waals surface area contributed by atoms with Crippen molar-refractivity contribution in [2.45, 2.75) is 24.6 Å². The minimum Gasteiger partial charge on any atom is -0.452 e. The highest BCUT2D eigenvalue weighted by Gasteiger charge is 2.49. The summed E-state index contributed by atoms with van der Waals surface area (Å²) in [7, 11) is 0. The average Bonchev–Trinajstić information content (AvgIpc) is 2.98. The Balaban J connectivity index is 1.76. The number of aliphatic hydroxyl groups excluding tert-OH is 2. The molecule has 0 aromatic heterocycles. The van der Waals surface area contributed by atoms with Crippen LogP contribution in [0.4, 0.5) is 0 Å². The number of carbonyl (C=O) groups is 2. The molecule has 4 atom stereocenters. The molecule has 0 saturated carbocycles. The van der Waals surface area contributed by atoms with Crippen LogP contribution in [0.3, 0.4) is 0 Å². The molecule has 1 fully saturated rings. The molecule has 7 heteroatoms. The zero-order valence-electron chi connectivity index (χ0n) is 13.7. The van der Waals surface area contributed by atoms with Crippen LogP contribution < -0.4 is 0 Å². The van der Waals surface area contributed by atoms with E-state index in [1.807, 2.05) is 0 Å². The van der Waals surface area contributed by atoms with Crippen molar-refractivity contribution in [3.8, 4) is 0 Å². The van der Waals surface area contributed by atoms with Gasteiger partial charge in [0.1, 0.15) is 6.10 Å². The summed E-state index contributed by atoms with van der Waals surface area (Å²) in [5.74, 6) is -1.37. The van der Waals surface area contributed by atoms with Crippen molar-refractivity contribution < 1.29 is 34.0 Å². The average molecular weight is 358 g/mol. The summed E-state index contributed by atoms with van der Waals surface area (Å²) in [5, 5.41) is 19.5. The lowest BCUT2D eigenvalue weighted by Crippen LogP contribution is -2.41. The van der Waals surface area contributed by atoms with E-state index in [2.05, 4.69) is 0 Å². The van der Waals surface area contributed by atoms with E-state index < -0.39 is 43.1 Å². The zero-order chi connectivity index (χ0) is 18.5. The minimum atomic E-state index is -1.52. The zero-order valence-corrected chi connectivity index (χ0v) is 13.7. The predicted octanol–water partition coefficient (Wildman–Crippen LogP) is 1.15. The van der Waals surface area contributed by atoms with Gasteiger partial charge in [-0.15, -0.1) is 0 Å². The molecule has 0 spiro atoms. The van der Waals surface area contributed by atoms with Gasteiger partial charge >= 0.3 is 11.9 Å². The maximum atomic E-state index is 12.3. The number of benzene rings is 2. The van der Waals surface area contributed by atoms with E-state index in [9.17, 15) is 19.8 Å². The summed E-state index contributed by atoms with van der Waals surface area (Å²) in [6, 6.07) is 16.4. The van der Waals surface area contributed by atoms with E-state index in [1.165, 1.54) is 0 Å². The second-order valence-electron chi connectivity index (χ2n) is 5.72. The van der Waals surface area contributed by atoms with E-state index in [-0.39, 0.29) is 5.56 Å². The van der Waals surface area contributed by atoms with Crippen LogP contribution in [0.1, 0.15) is 20.7 Å². The third-order valence-electron chi connectivity index (χ3n) is 3.97. The van der Waals surface area contributed by atoms with Crippen molar-refractivity contribution in [2.75, 3.05) is 6.61 Å². The van der Waals surface area contributed by atoms with Crippen molar-refractivity contribution in [3.05, 3.63) is 71.8 Å². The van der Waals surface area contributed by atoms with Gasteiger partial charge in [0.25, 0.3) is 0 Å². The summed E-state index contributed by atoms with van der Waals surface area (Å²) >= 11 is 0. The van der Waals surface area contributed by atoms with Gasteiger partial charge in [-0.25, -0.2) is 9.59 Å². The summed E-state index contributed by atoms with van der Waals surface area (Å²) in [5.41, 5.74) is 0.569. The first-order valence-electron chi connectivity index (χ1n) is 8.06. The number of aliphatic hydroxyl groups is 2. The lowest BCUT2D eigenvalue weighted by molar-refractivity contribution is -0.135. The van der Waals surface area contributed by atoms with E-state index in [0.717, 1.165) is 0 Å². The van der Waals surface area contributed by atoms with E-state index in [1.54, 1.807) is 60.7 Å². The van der Waals surface area contributed by atoms with Crippen LogP contribution in [0, 0.1) is 0 Å². The molecule has 26 heavy (non-hydrogen) atoms. The second-order valence-corrected chi connectivity index (χ2v) is 5.72. The number of hydrogen-bond acceptors (Lipinski definition) is 7. The van der Waals surface area contributed by atoms with Crippen LogP contribution in [0.25, 0.3) is 0 Å². The van der Waals surface area contributed by atoms with Gasteiger partial charge in [-0.3, -0.25) is 0 Å². The van der Waals surface area contributed by atoms with Crippen LogP contribution >= 0.6 is 0 Å². The van der Waals surface area contributed by atoms with Crippen LogP contribution in [-0.4, -0.2) is 53.4 Å². The van der Waals surface area contributed by atoms with E-state index >= 15 is 0 Å². The second kappa shape index (κ2) is 8.09. The Kier molecular flexibility index (Phi) is 5.62. The quantitative estimate of drug-likeness (QED) is 0.773. The van der Waals surface area contributed by atoms with Crippen molar-refractivity contribution in [2.24, 2.45) is 0 Å². The highest BCUT2D eigenvalue weighted by molar-refractivity contribution is 5.90. The monoisotopic (exact) mass is 358 g/mol. The molecule has 0 unspecified atom stereocenters. The summed E-state index contributed by atoms with van der Waals surface area (Å²) in [6.45, 7) is -0.511. The number of ether oxygens (including phenoxy) is 3. The standard InChI is InChI=1S/C19H18O7/c20-11-14-15(25-17(21)12-7-3-1-4-8-12)16(19(23)24-14)26-18(22)13-9-5-2-6-10-13/h1-10,14-16,19-20,23H,11H2/t14-,15-,16-,19+/m0/s1. The van der Waals surface area contributed by atoms with Crippen LogP contribution in [-0.2, 0) is 14.2 Å². The molecule has 3 rings (SSSR count). The Morgan fingerprint density at radius 3 is 1.77 bits per heavy atom. The fourth-order valence-corrected chi connectivity index (χ4v) is 2.65. The van der Waals surface area contributed by atoms with E-state index in [4.69, 9.17) is 14.2 Å². The smallest absolute Gasteiger partial charge is 0.338 e. The Morgan fingerprint density at radius 2 is 1.31 bits per heavy atom. The summed E-state index contributed by atoms with van der Waals surface area (Å²) in [6.07, 6.45) is -4.93. The molecular formula is C19H18O7. The van der Waals surface area contributed by atoms with Gasteiger partial charge in [0, 0.05) is 0 Å². The molecule has 7 nitrogen and oxygen atoms in total. The first-order valence-corrected chi connectivity index (χ1v) is 8.06. The fourth-order valence-electron chi connectivity index (χ4n) is 2.65. The van der Waals surface area contributed by atoms with Crippen molar-refractivity contribution in [1.82, 2.24) is 0 Å². The molecule has 1 aliphatic heterocycles. The SMILES string of the molecule is O=C(O[C@@H]1[C@H](OC(=O)c2ccccc2)[C@H](O)O[C@H]1CO)c1ccccc1. The van der Waals surface area contributed by atoms with Gasteiger partial charge < -0.3 is 24.4 Å². The maximum Gasteiger partial charge on any atom is 0.338 e. The van der Waals surface area contributed by atoms with E-state index in [0.29, 0.717) is 5.56 Å². The summed E-state index contributed by atoms with van der Waals surface area (Å²) < 4.78 is 15.8. The van der Waals surface area contributed by atoms with Crippen LogP contribution in [0.5, 0.6) is 0 Å². The number of esters is 2. The number of hydrogen-bond donors (Lipinski definition) is 2. The Morgan fingerprint density at radius 1 is 0.846 bits per heavy atom. The van der Waals surface area contributed by atoms with Crippen LogP contribution in [0.15, 0.2) is 60.7 Å². The third-order valence-corrected chi connectivity index (χ3v) is 3.97. The highest BCUT2D eigenvalue weighted by atomic mass is 16.7. The number of rotatable bonds is 5. The normalized spacial score (nSPS) is 24.8. The molecule has 0 aliphatic carbocycles. The third kappa shape index (κ3) is 3.91. The molecule has 1 aliphatic rings. The molecule has 2 aromatic rings. The number of carbonyl (C=O) groups excluding carboxylic acids is 2. The lowest BCUT2D eigenvalue weighted by Gasteiger charge is -2.22. The molecule has 1 heterocycles. The van der Waals surface area contributed by atoms with Crippen molar-refractivity contribution in [3.63, 3.8) is 0 Å².